The maximum Gasteiger partial charge on any atom is 0.334 e. The summed E-state index contributed by atoms with van der Waals surface area (Å²) in [5.74, 6) is -0.954. The van der Waals surface area contributed by atoms with E-state index in [4.69, 9.17) is 9.47 Å². The standard InChI is InChI=1S/C24H20O3S.C23H18O3S/c1-17(2)23(25)27-24(16-18-10-4-3-5-11-18)19-12-6-8-14-21(19)28(26)22-15-9-7-13-20(22)24;1-16(2)22(24)26-23(17-10-4-3-5-11-17)18-12-6-8-14-20(18)27(25)21-15-9-7-13-19(21)23/h3-15H,1,16H2,2H3;3-15H,1H2,2H3. The Labute approximate surface area is 326 Å². The summed E-state index contributed by atoms with van der Waals surface area (Å²) in [4.78, 5) is 28.0. The molecule has 2 aliphatic rings. The second kappa shape index (κ2) is 15.4. The third kappa shape index (κ3) is 6.73. The first-order valence-corrected chi connectivity index (χ1v) is 20.0. The molecule has 0 spiro atoms. The minimum absolute atomic E-state index is 0.312. The molecule has 274 valence electrons. The van der Waals surface area contributed by atoms with Gasteiger partial charge < -0.3 is 9.47 Å². The van der Waals surface area contributed by atoms with Crippen molar-refractivity contribution in [3.8, 4) is 0 Å². The Kier molecular flexibility index (Phi) is 10.5. The van der Waals surface area contributed by atoms with Crippen LogP contribution in [-0.2, 0) is 58.3 Å². The molecule has 8 heteroatoms. The lowest BCUT2D eigenvalue weighted by Crippen LogP contribution is -2.40. The Morgan fingerprint density at radius 3 is 1.27 bits per heavy atom. The molecule has 0 unspecified atom stereocenters. The molecular formula is C47H38O6S2. The van der Waals surface area contributed by atoms with Crippen LogP contribution < -0.4 is 0 Å². The smallest absolute Gasteiger partial charge is 0.334 e. The summed E-state index contributed by atoms with van der Waals surface area (Å²) in [6, 6.07) is 49.3. The normalized spacial score (nSPS) is 20.1. The molecule has 0 aromatic heterocycles. The van der Waals surface area contributed by atoms with Gasteiger partial charge in [0.05, 0.1) is 41.2 Å². The van der Waals surface area contributed by atoms with Crippen LogP contribution in [0.4, 0.5) is 0 Å². The van der Waals surface area contributed by atoms with E-state index in [1.807, 2.05) is 158 Å². The van der Waals surface area contributed by atoms with Crippen LogP contribution in [0.5, 0.6) is 0 Å². The first-order valence-electron chi connectivity index (χ1n) is 17.7. The van der Waals surface area contributed by atoms with Crippen molar-refractivity contribution in [2.24, 2.45) is 0 Å². The summed E-state index contributed by atoms with van der Waals surface area (Å²) in [5, 5.41) is 0. The number of hydrogen-bond acceptors (Lipinski definition) is 6. The molecule has 8 rings (SSSR count). The van der Waals surface area contributed by atoms with E-state index in [0.29, 0.717) is 48.3 Å². The predicted octanol–water partition coefficient (Wildman–Crippen LogP) is 9.35. The number of esters is 2. The van der Waals surface area contributed by atoms with Gasteiger partial charge in [-0.1, -0.05) is 147 Å². The molecule has 0 fully saturated rings. The first kappa shape index (κ1) is 37.4. The molecule has 0 N–H and O–H groups in total. The zero-order valence-corrected chi connectivity index (χ0v) is 32.0. The van der Waals surface area contributed by atoms with Gasteiger partial charge in [-0.05, 0) is 43.7 Å². The van der Waals surface area contributed by atoms with E-state index in [2.05, 4.69) is 13.2 Å². The average Bonchev–Trinajstić information content (AvgIpc) is 3.22. The van der Waals surface area contributed by atoms with Crippen molar-refractivity contribution in [1.82, 2.24) is 0 Å². The van der Waals surface area contributed by atoms with Crippen molar-refractivity contribution in [2.45, 2.75) is 51.1 Å². The molecule has 6 aromatic rings. The highest BCUT2D eigenvalue weighted by atomic mass is 32.2. The van der Waals surface area contributed by atoms with Crippen molar-refractivity contribution in [1.29, 1.82) is 0 Å². The summed E-state index contributed by atoms with van der Waals surface area (Å²) >= 11 is 0. The van der Waals surface area contributed by atoms with Gasteiger partial charge in [-0.2, -0.15) is 0 Å². The number of carbonyl (C=O) groups excluding carboxylic acids is 2. The lowest BCUT2D eigenvalue weighted by atomic mass is 9.79. The van der Waals surface area contributed by atoms with E-state index in [0.717, 1.165) is 22.3 Å². The van der Waals surface area contributed by atoms with Gasteiger partial charge in [0.25, 0.3) is 0 Å². The molecule has 2 aliphatic heterocycles. The Hall–Kier alpha value is -5.96. The summed E-state index contributed by atoms with van der Waals surface area (Å²) in [5.41, 5.74) is 3.14. The maximum absolute atomic E-state index is 13.2. The van der Waals surface area contributed by atoms with Gasteiger partial charge in [0.2, 0.25) is 0 Å². The Morgan fingerprint density at radius 1 is 0.491 bits per heavy atom. The Bertz CT molecular complexity index is 2410. The SMILES string of the molecule is C=C(C)C(=O)OC1(Cc2ccccc2)c2ccccc2S(=O)c2ccccc21.C=C(C)C(=O)OC1(c2ccccc2)c2ccccc2S(=O)c2ccccc21. The van der Waals surface area contributed by atoms with Crippen LogP contribution in [0.1, 0.15) is 47.2 Å². The van der Waals surface area contributed by atoms with Crippen molar-refractivity contribution >= 4 is 33.5 Å². The van der Waals surface area contributed by atoms with Gasteiger partial charge in [0, 0.05) is 45.4 Å². The highest BCUT2D eigenvalue weighted by Gasteiger charge is 2.49. The minimum Gasteiger partial charge on any atom is -0.445 e. The van der Waals surface area contributed by atoms with Crippen LogP contribution in [0.2, 0.25) is 0 Å². The molecule has 0 aliphatic carbocycles. The van der Waals surface area contributed by atoms with Crippen molar-refractivity contribution in [2.75, 3.05) is 0 Å². The molecule has 0 saturated heterocycles. The van der Waals surface area contributed by atoms with E-state index in [-0.39, 0.29) is 0 Å². The molecular weight excluding hydrogens is 725 g/mol. The van der Waals surface area contributed by atoms with Crippen LogP contribution in [0.3, 0.4) is 0 Å². The van der Waals surface area contributed by atoms with Crippen LogP contribution in [-0.4, -0.2) is 20.4 Å². The highest BCUT2D eigenvalue weighted by molar-refractivity contribution is 7.85. The minimum atomic E-state index is -1.35. The molecule has 0 bridgehead atoms. The largest absolute Gasteiger partial charge is 0.445 e. The lowest BCUT2D eigenvalue weighted by molar-refractivity contribution is -0.152. The predicted molar refractivity (Wildman–Crippen MR) is 214 cm³/mol. The molecule has 0 atom stereocenters. The number of hydrogen-bond donors (Lipinski definition) is 0. The number of fused-ring (bicyclic) bond motifs is 4. The highest BCUT2D eigenvalue weighted by Crippen LogP contribution is 2.50. The fourth-order valence-electron chi connectivity index (χ4n) is 7.13. The third-order valence-corrected chi connectivity index (χ3v) is 12.7. The molecule has 6 aromatic carbocycles. The fraction of sp³-hybridized carbons (Fsp3) is 0.106. The quantitative estimate of drug-likeness (QED) is 0.119. The van der Waals surface area contributed by atoms with Gasteiger partial charge in [-0.3, -0.25) is 0 Å². The molecule has 2 heterocycles. The van der Waals surface area contributed by atoms with Crippen molar-refractivity contribution < 1.29 is 27.5 Å². The average molecular weight is 763 g/mol. The van der Waals surface area contributed by atoms with E-state index < -0.39 is 44.7 Å². The van der Waals surface area contributed by atoms with E-state index in [1.54, 1.807) is 13.8 Å². The van der Waals surface area contributed by atoms with E-state index >= 15 is 0 Å². The molecule has 0 saturated carbocycles. The van der Waals surface area contributed by atoms with Gasteiger partial charge in [0.15, 0.2) is 11.2 Å². The summed E-state index contributed by atoms with van der Waals surface area (Å²) in [6.07, 6.45) is 0.443. The third-order valence-electron chi connectivity index (χ3n) is 9.66. The second-order valence-corrected chi connectivity index (χ2v) is 16.2. The Morgan fingerprint density at radius 2 is 0.836 bits per heavy atom. The zero-order chi connectivity index (χ0) is 38.7. The lowest BCUT2D eigenvalue weighted by Gasteiger charge is -2.40. The number of benzene rings is 6. The molecule has 0 amide bonds. The van der Waals surface area contributed by atoms with Crippen molar-refractivity contribution in [3.05, 3.63) is 215 Å². The maximum atomic E-state index is 13.2. The van der Waals surface area contributed by atoms with Gasteiger partial charge >= 0.3 is 11.9 Å². The molecule has 0 radical (unpaired) electrons. The van der Waals surface area contributed by atoms with Gasteiger partial charge in [-0.25, -0.2) is 18.0 Å². The zero-order valence-electron chi connectivity index (χ0n) is 30.4. The van der Waals surface area contributed by atoms with Crippen LogP contribution in [0.15, 0.2) is 202 Å². The van der Waals surface area contributed by atoms with E-state index in [9.17, 15) is 18.0 Å². The van der Waals surface area contributed by atoms with Crippen molar-refractivity contribution in [3.63, 3.8) is 0 Å². The van der Waals surface area contributed by atoms with Crippen LogP contribution >= 0.6 is 0 Å². The van der Waals surface area contributed by atoms with Gasteiger partial charge in [0.1, 0.15) is 0 Å². The van der Waals surface area contributed by atoms with E-state index in [1.165, 1.54) is 0 Å². The van der Waals surface area contributed by atoms with Crippen LogP contribution in [0.25, 0.3) is 0 Å². The molecule has 6 nitrogen and oxygen atoms in total. The summed E-state index contributed by atoms with van der Waals surface area (Å²) < 4.78 is 38.7. The first-order chi connectivity index (χ1) is 26.6. The topological polar surface area (TPSA) is 86.7 Å². The molecule has 55 heavy (non-hydrogen) atoms. The number of rotatable bonds is 7. The Balaban J connectivity index is 0.000000169. The summed E-state index contributed by atoms with van der Waals surface area (Å²) in [6.45, 7) is 10.7. The number of ether oxygens (including phenoxy) is 2. The monoisotopic (exact) mass is 762 g/mol. The summed E-state index contributed by atoms with van der Waals surface area (Å²) in [7, 11) is -2.68. The fourth-order valence-corrected chi connectivity index (χ4v) is 10.1. The van der Waals surface area contributed by atoms with Crippen LogP contribution in [0, 0.1) is 0 Å². The second-order valence-electron chi connectivity index (χ2n) is 13.4. The van der Waals surface area contributed by atoms with Gasteiger partial charge in [-0.15, -0.1) is 0 Å². The number of carbonyl (C=O) groups is 2.